The number of hydroxylamine groups is 2. The zero-order chi connectivity index (χ0) is 19.1. The van der Waals surface area contributed by atoms with Crippen molar-refractivity contribution in [2.45, 2.75) is 38.5 Å². The van der Waals surface area contributed by atoms with Gasteiger partial charge in [0.05, 0.1) is 25.2 Å². The molecule has 2 aromatic rings. The Morgan fingerprint density at radius 3 is 2.48 bits per heavy atom. The SMILES string of the molecule is CCC[C@H]1ON(Cc2ccccc2)[C@@H](/C=C/c2ccc(OC)cc2)[C@@H]1C=O. The first-order valence-electron chi connectivity index (χ1n) is 9.50. The molecule has 4 nitrogen and oxygen atoms in total. The molecular formula is C23H27NO3. The van der Waals surface area contributed by atoms with Gasteiger partial charge in [-0.05, 0) is 29.7 Å². The molecule has 0 N–H and O–H groups in total. The quantitative estimate of drug-likeness (QED) is 0.645. The van der Waals surface area contributed by atoms with Gasteiger partial charge in [-0.2, -0.15) is 5.06 Å². The summed E-state index contributed by atoms with van der Waals surface area (Å²) in [5, 5.41) is 1.95. The van der Waals surface area contributed by atoms with E-state index in [1.165, 1.54) is 5.56 Å². The van der Waals surface area contributed by atoms with Crippen LogP contribution in [0.3, 0.4) is 0 Å². The molecule has 0 aliphatic carbocycles. The lowest BCUT2D eigenvalue weighted by Gasteiger charge is -2.21. The summed E-state index contributed by atoms with van der Waals surface area (Å²) in [5.74, 6) is 0.666. The minimum Gasteiger partial charge on any atom is -0.497 e. The predicted molar refractivity (Wildman–Crippen MR) is 107 cm³/mol. The normalized spacial score (nSPS) is 23.0. The first kappa shape index (κ1) is 19.3. The molecular weight excluding hydrogens is 338 g/mol. The van der Waals surface area contributed by atoms with Crippen LogP contribution in [0, 0.1) is 5.92 Å². The Balaban J connectivity index is 1.81. The maximum absolute atomic E-state index is 11.8. The van der Waals surface area contributed by atoms with E-state index in [2.05, 4.69) is 31.2 Å². The van der Waals surface area contributed by atoms with Crippen molar-refractivity contribution in [3.63, 3.8) is 0 Å². The highest BCUT2D eigenvalue weighted by atomic mass is 16.7. The Labute approximate surface area is 161 Å². The Morgan fingerprint density at radius 1 is 1.11 bits per heavy atom. The van der Waals surface area contributed by atoms with Crippen LogP contribution in [0.1, 0.15) is 30.9 Å². The van der Waals surface area contributed by atoms with E-state index in [4.69, 9.17) is 9.57 Å². The average molecular weight is 365 g/mol. The lowest BCUT2D eigenvalue weighted by atomic mass is 9.92. The van der Waals surface area contributed by atoms with Crippen LogP contribution < -0.4 is 4.74 Å². The standard InChI is InChI=1S/C23H27NO3/c1-3-7-23-21(17-25)22(15-12-18-10-13-20(26-2)14-11-18)24(27-23)16-19-8-5-4-6-9-19/h4-6,8-15,17,21-23H,3,7,16H2,1-2H3/b15-12+/t21-,22-,23+/m0/s1. The molecule has 27 heavy (non-hydrogen) atoms. The van der Waals surface area contributed by atoms with E-state index in [-0.39, 0.29) is 18.1 Å². The van der Waals surface area contributed by atoms with Crippen LogP contribution in [-0.4, -0.2) is 30.6 Å². The average Bonchev–Trinajstić information content (AvgIpc) is 3.03. The first-order valence-corrected chi connectivity index (χ1v) is 9.50. The van der Waals surface area contributed by atoms with Crippen molar-refractivity contribution in [1.29, 1.82) is 0 Å². The molecule has 2 aromatic carbocycles. The van der Waals surface area contributed by atoms with E-state index in [1.54, 1.807) is 7.11 Å². The molecule has 0 amide bonds. The van der Waals surface area contributed by atoms with E-state index >= 15 is 0 Å². The number of ether oxygens (including phenoxy) is 1. The number of hydrogen-bond acceptors (Lipinski definition) is 4. The van der Waals surface area contributed by atoms with Crippen molar-refractivity contribution in [3.8, 4) is 5.75 Å². The molecule has 1 fully saturated rings. The van der Waals surface area contributed by atoms with E-state index in [9.17, 15) is 4.79 Å². The zero-order valence-electron chi connectivity index (χ0n) is 16.0. The summed E-state index contributed by atoms with van der Waals surface area (Å²) in [6, 6.07) is 18.0. The highest BCUT2D eigenvalue weighted by Crippen LogP contribution is 2.32. The number of rotatable bonds is 8. The monoisotopic (exact) mass is 365 g/mol. The summed E-state index contributed by atoms with van der Waals surface area (Å²) in [6.07, 6.45) is 6.98. The summed E-state index contributed by atoms with van der Waals surface area (Å²) in [5.41, 5.74) is 2.24. The molecule has 1 aliphatic heterocycles. The highest BCUT2D eigenvalue weighted by Gasteiger charge is 2.41. The van der Waals surface area contributed by atoms with Crippen molar-refractivity contribution in [1.82, 2.24) is 5.06 Å². The van der Waals surface area contributed by atoms with Gasteiger partial charge in [-0.1, -0.05) is 68.0 Å². The van der Waals surface area contributed by atoms with Gasteiger partial charge < -0.3 is 9.53 Å². The number of nitrogens with zero attached hydrogens (tertiary/aromatic N) is 1. The lowest BCUT2D eigenvalue weighted by Crippen LogP contribution is -2.31. The highest BCUT2D eigenvalue weighted by molar-refractivity contribution is 5.59. The second-order valence-electron chi connectivity index (χ2n) is 6.83. The van der Waals surface area contributed by atoms with Gasteiger partial charge in [0.2, 0.25) is 0 Å². The molecule has 3 rings (SSSR count). The third-order valence-electron chi connectivity index (χ3n) is 4.94. The van der Waals surface area contributed by atoms with Crippen LogP contribution in [0.15, 0.2) is 60.7 Å². The molecule has 4 heteroatoms. The molecule has 0 bridgehead atoms. The van der Waals surface area contributed by atoms with Crippen molar-refractivity contribution in [2.75, 3.05) is 7.11 Å². The molecule has 0 radical (unpaired) electrons. The van der Waals surface area contributed by atoms with Crippen molar-refractivity contribution in [2.24, 2.45) is 5.92 Å². The first-order chi connectivity index (χ1) is 13.2. The predicted octanol–water partition coefficient (Wildman–Crippen LogP) is 4.51. The second-order valence-corrected chi connectivity index (χ2v) is 6.83. The summed E-state index contributed by atoms with van der Waals surface area (Å²) in [6.45, 7) is 2.77. The third-order valence-corrected chi connectivity index (χ3v) is 4.94. The molecule has 0 aromatic heterocycles. The molecule has 1 aliphatic rings. The smallest absolute Gasteiger partial charge is 0.127 e. The number of carbonyl (C=O) groups is 1. The Hall–Kier alpha value is -2.43. The van der Waals surface area contributed by atoms with E-state index in [1.807, 2.05) is 47.5 Å². The van der Waals surface area contributed by atoms with Crippen molar-refractivity contribution >= 4 is 12.4 Å². The zero-order valence-corrected chi connectivity index (χ0v) is 16.0. The van der Waals surface area contributed by atoms with E-state index in [0.717, 1.165) is 30.4 Å². The molecule has 142 valence electrons. The maximum Gasteiger partial charge on any atom is 0.127 e. The van der Waals surface area contributed by atoms with Crippen molar-refractivity contribution < 1.29 is 14.4 Å². The van der Waals surface area contributed by atoms with Crippen LogP contribution >= 0.6 is 0 Å². The van der Waals surface area contributed by atoms with Gasteiger partial charge in [0.25, 0.3) is 0 Å². The molecule has 0 unspecified atom stereocenters. The van der Waals surface area contributed by atoms with Gasteiger partial charge >= 0.3 is 0 Å². The summed E-state index contributed by atoms with van der Waals surface area (Å²) in [7, 11) is 1.66. The van der Waals surface area contributed by atoms with Crippen LogP contribution in [0.25, 0.3) is 6.08 Å². The van der Waals surface area contributed by atoms with E-state index < -0.39 is 0 Å². The lowest BCUT2D eigenvalue weighted by molar-refractivity contribution is -0.165. The van der Waals surface area contributed by atoms with Gasteiger partial charge in [0, 0.05) is 6.54 Å². The molecule has 1 heterocycles. The third kappa shape index (κ3) is 4.85. The fourth-order valence-corrected chi connectivity index (χ4v) is 3.48. The Bertz CT molecular complexity index is 742. The molecule has 1 saturated heterocycles. The van der Waals surface area contributed by atoms with Crippen molar-refractivity contribution in [3.05, 3.63) is 71.8 Å². The van der Waals surface area contributed by atoms with Gasteiger partial charge in [-0.15, -0.1) is 0 Å². The van der Waals surface area contributed by atoms with Gasteiger partial charge in [-0.3, -0.25) is 4.84 Å². The van der Waals surface area contributed by atoms with Crippen LogP contribution in [-0.2, 0) is 16.2 Å². The fraction of sp³-hybridized carbons (Fsp3) is 0.348. The minimum atomic E-state index is -0.164. The molecule has 0 saturated carbocycles. The Kier molecular flexibility index (Phi) is 6.80. The number of hydrogen-bond donors (Lipinski definition) is 0. The van der Waals surface area contributed by atoms with Gasteiger partial charge in [-0.25, -0.2) is 0 Å². The van der Waals surface area contributed by atoms with E-state index in [0.29, 0.717) is 6.54 Å². The molecule has 0 spiro atoms. The number of methoxy groups -OCH3 is 1. The summed E-state index contributed by atoms with van der Waals surface area (Å²) >= 11 is 0. The largest absolute Gasteiger partial charge is 0.497 e. The van der Waals surface area contributed by atoms with Gasteiger partial charge in [0.1, 0.15) is 12.0 Å². The van der Waals surface area contributed by atoms with Crippen LogP contribution in [0.5, 0.6) is 5.75 Å². The summed E-state index contributed by atoms with van der Waals surface area (Å²) < 4.78 is 5.21. The van der Waals surface area contributed by atoms with Gasteiger partial charge in [0.15, 0.2) is 0 Å². The van der Waals surface area contributed by atoms with Crippen LogP contribution in [0.2, 0.25) is 0 Å². The molecule has 3 atom stereocenters. The second kappa shape index (κ2) is 9.49. The van der Waals surface area contributed by atoms with Crippen LogP contribution in [0.4, 0.5) is 0 Å². The summed E-state index contributed by atoms with van der Waals surface area (Å²) in [4.78, 5) is 18.0. The number of aldehydes is 1. The maximum atomic E-state index is 11.8. The number of carbonyl (C=O) groups excluding carboxylic acids is 1. The Morgan fingerprint density at radius 2 is 1.85 bits per heavy atom. The topological polar surface area (TPSA) is 38.8 Å². The fourth-order valence-electron chi connectivity index (χ4n) is 3.48. The minimum absolute atomic E-state index is 0.0678. The number of benzene rings is 2.